The third-order valence-corrected chi connectivity index (χ3v) is 3.99. The third-order valence-electron chi connectivity index (χ3n) is 3.99. The molecule has 24 heavy (non-hydrogen) atoms. The Kier molecular flexibility index (Phi) is 5.80. The summed E-state index contributed by atoms with van der Waals surface area (Å²) >= 11 is 0. The van der Waals surface area contributed by atoms with Gasteiger partial charge in [0.15, 0.2) is 12.4 Å². The highest BCUT2D eigenvalue weighted by molar-refractivity contribution is 5.85. The van der Waals surface area contributed by atoms with Gasteiger partial charge in [0.2, 0.25) is 5.89 Å². The minimum atomic E-state index is -0.470. The molecule has 2 aromatic rings. The van der Waals surface area contributed by atoms with E-state index in [4.69, 9.17) is 15.0 Å². The molecule has 3 rings (SSSR count). The molecule has 1 aliphatic rings. The van der Waals surface area contributed by atoms with Gasteiger partial charge in [-0.2, -0.15) is 4.98 Å². The van der Waals surface area contributed by atoms with Gasteiger partial charge in [0.25, 0.3) is 5.91 Å². The molecule has 1 aromatic carbocycles. The van der Waals surface area contributed by atoms with Gasteiger partial charge >= 0.3 is 0 Å². The number of ether oxygens (including phenoxy) is 1. The predicted molar refractivity (Wildman–Crippen MR) is 89.8 cm³/mol. The fourth-order valence-electron chi connectivity index (χ4n) is 2.41. The van der Waals surface area contributed by atoms with Crippen molar-refractivity contribution in [3.63, 3.8) is 0 Å². The Labute approximate surface area is 146 Å². The number of halogens is 1. The predicted octanol–water partition coefficient (Wildman–Crippen LogP) is 2.09. The molecule has 8 heteroatoms. The number of para-hydroxylation sites is 1. The zero-order valence-corrected chi connectivity index (χ0v) is 14.2. The second-order valence-corrected chi connectivity index (χ2v) is 5.86. The second-order valence-electron chi connectivity index (χ2n) is 5.86. The van der Waals surface area contributed by atoms with Crippen LogP contribution in [0, 0.1) is 0 Å². The van der Waals surface area contributed by atoms with Crippen LogP contribution in [0.25, 0.3) is 0 Å². The summed E-state index contributed by atoms with van der Waals surface area (Å²) in [6.07, 6.45) is 2.79. The number of benzene rings is 1. The quantitative estimate of drug-likeness (QED) is 0.825. The molecular formula is C16H21ClN4O3. The minimum Gasteiger partial charge on any atom is -0.484 e. The average Bonchev–Trinajstić information content (AvgIpc) is 3.02. The van der Waals surface area contributed by atoms with Gasteiger partial charge in [-0.15, -0.1) is 12.4 Å². The van der Waals surface area contributed by atoms with E-state index >= 15 is 0 Å². The van der Waals surface area contributed by atoms with Gasteiger partial charge in [-0.1, -0.05) is 23.4 Å². The Morgan fingerprint density at radius 1 is 1.42 bits per heavy atom. The lowest BCUT2D eigenvalue weighted by atomic mass is 9.77. The van der Waals surface area contributed by atoms with E-state index in [9.17, 15) is 4.79 Å². The summed E-state index contributed by atoms with van der Waals surface area (Å²) in [6, 6.07) is 8.76. The number of carbonyl (C=O) groups excluding carboxylic acids is 1. The number of carbonyl (C=O) groups is 1. The molecular weight excluding hydrogens is 332 g/mol. The number of amides is 1. The van der Waals surface area contributed by atoms with Crippen molar-refractivity contribution in [2.75, 3.05) is 6.61 Å². The summed E-state index contributed by atoms with van der Waals surface area (Å²) in [5, 5.41) is 6.70. The normalized spacial score (nSPS) is 16.4. The molecule has 1 saturated carbocycles. The third kappa shape index (κ3) is 4.04. The molecule has 7 nitrogen and oxygen atoms in total. The van der Waals surface area contributed by atoms with Crippen LogP contribution in [0.15, 0.2) is 34.9 Å². The molecule has 0 saturated heterocycles. The van der Waals surface area contributed by atoms with Crippen molar-refractivity contribution < 1.29 is 14.1 Å². The summed E-state index contributed by atoms with van der Waals surface area (Å²) in [5.74, 6) is 1.25. The molecule has 0 spiro atoms. The van der Waals surface area contributed by atoms with E-state index in [0.29, 0.717) is 17.5 Å². The molecule has 1 unspecified atom stereocenters. The molecule has 1 fully saturated rings. The largest absolute Gasteiger partial charge is 0.484 e. The number of hydrogen-bond donors (Lipinski definition) is 2. The maximum atomic E-state index is 11.9. The first-order chi connectivity index (χ1) is 11.1. The van der Waals surface area contributed by atoms with Crippen molar-refractivity contribution in [3.05, 3.63) is 42.0 Å². The van der Waals surface area contributed by atoms with E-state index in [1.165, 1.54) is 0 Å². The Balaban J connectivity index is 0.00000208. The van der Waals surface area contributed by atoms with Crippen LogP contribution in [-0.2, 0) is 10.3 Å². The number of nitrogens with zero attached hydrogens (tertiary/aromatic N) is 2. The number of hydrogen-bond acceptors (Lipinski definition) is 6. The van der Waals surface area contributed by atoms with Crippen LogP contribution in [0.5, 0.6) is 5.75 Å². The summed E-state index contributed by atoms with van der Waals surface area (Å²) in [6.45, 7) is 1.71. The van der Waals surface area contributed by atoms with Gasteiger partial charge in [0, 0.05) is 0 Å². The molecule has 1 aromatic heterocycles. The van der Waals surface area contributed by atoms with Gasteiger partial charge in [0.1, 0.15) is 11.8 Å². The maximum Gasteiger partial charge on any atom is 0.258 e. The van der Waals surface area contributed by atoms with E-state index in [0.717, 1.165) is 19.3 Å². The Bertz CT molecular complexity index is 673. The Morgan fingerprint density at radius 2 is 2.12 bits per heavy atom. The van der Waals surface area contributed by atoms with Crippen LogP contribution in [-0.4, -0.2) is 22.7 Å². The lowest BCUT2D eigenvalue weighted by Crippen LogP contribution is -2.44. The van der Waals surface area contributed by atoms with E-state index < -0.39 is 11.6 Å². The molecule has 1 atom stereocenters. The van der Waals surface area contributed by atoms with Crippen molar-refractivity contribution in [2.24, 2.45) is 5.73 Å². The first-order valence-electron chi connectivity index (χ1n) is 7.67. The first-order valence-corrected chi connectivity index (χ1v) is 7.67. The molecule has 1 heterocycles. The standard InChI is InChI=1S/C16H20N4O3.ClH/c1-11(14-19-15(20-23-14)16(17)8-5-9-16)18-13(21)10-22-12-6-3-2-4-7-12;/h2-4,6-7,11H,5,8-10,17H2,1H3,(H,18,21);1H. The van der Waals surface area contributed by atoms with Crippen molar-refractivity contribution in [2.45, 2.75) is 37.8 Å². The van der Waals surface area contributed by atoms with Crippen molar-refractivity contribution in [1.29, 1.82) is 0 Å². The van der Waals surface area contributed by atoms with Crippen molar-refractivity contribution in [1.82, 2.24) is 15.5 Å². The van der Waals surface area contributed by atoms with Crippen LogP contribution in [0.2, 0.25) is 0 Å². The lowest BCUT2D eigenvalue weighted by Gasteiger charge is -2.34. The van der Waals surface area contributed by atoms with E-state index in [1.807, 2.05) is 18.2 Å². The van der Waals surface area contributed by atoms with E-state index in [2.05, 4.69) is 15.5 Å². The SMILES string of the molecule is CC(NC(=O)COc1ccccc1)c1nc(C2(N)CCC2)no1.Cl. The number of nitrogens with two attached hydrogens (primary N) is 1. The van der Waals surface area contributed by atoms with Gasteiger partial charge < -0.3 is 20.3 Å². The summed E-state index contributed by atoms with van der Waals surface area (Å²) in [4.78, 5) is 16.2. The summed E-state index contributed by atoms with van der Waals surface area (Å²) in [5.41, 5.74) is 5.69. The summed E-state index contributed by atoms with van der Waals surface area (Å²) in [7, 11) is 0. The van der Waals surface area contributed by atoms with Crippen LogP contribution in [0.4, 0.5) is 0 Å². The molecule has 0 aliphatic heterocycles. The van der Waals surface area contributed by atoms with Crippen LogP contribution in [0.3, 0.4) is 0 Å². The highest BCUT2D eigenvalue weighted by atomic mass is 35.5. The molecule has 1 aliphatic carbocycles. The van der Waals surface area contributed by atoms with Crippen LogP contribution < -0.4 is 15.8 Å². The fourth-order valence-corrected chi connectivity index (χ4v) is 2.41. The lowest BCUT2D eigenvalue weighted by molar-refractivity contribution is -0.123. The van der Waals surface area contributed by atoms with Gasteiger partial charge in [-0.05, 0) is 38.3 Å². The summed E-state index contributed by atoms with van der Waals surface area (Å²) < 4.78 is 10.6. The smallest absolute Gasteiger partial charge is 0.258 e. The van der Waals surface area contributed by atoms with E-state index in [1.54, 1.807) is 19.1 Å². The van der Waals surface area contributed by atoms with Gasteiger partial charge in [-0.3, -0.25) is 4.79 Å². The molecule has 0 bridgehead atoms. The fraction of sp³-hybridized carbons (Fsp3) is 0.438. The van der Waals surface area contributed by atoms with Crippen molar-refractivity contribution in [3.8, 4) is 5.75 Å². The maximum absolute atomic E-state index is 11.9. The second kappa shape index (κ2) is 7.63. The molecule has 3 N–H and O–H groups in total. The highest BCUT2D eigenvalue weighted by Crippen LogP contribution is 2.37. The molecule has 0 radical (unpaired) electrons. The zero-order valence-electron chi connectivity index (χ0n) is 13.4. The highest BCUT2D eigenvalue weighted by Gasteiger charge is 2.39. The Hall–Kier alpha value is -2.12. The zero-order chi connectivity index (χ0) is 16.3. The topological polar surface area (TPSA) is 103 Å². The van der Waals surface area contributed by atoms with Crippen molar-refractivity contribution >= 4 is 18.3 Å². The van der Waals surface area contributed by atoms with Gasteiger partial charge in [-0.25, -0.2) is 0 Å². The van der Waals surface area contributed by atoms with Gasteiger partial charge in [0.05, 0.1) is 5.54 Å². The monoisotopic (exact) mass is 352 g/mol. The van der Waals surface area contributed by atoms with E-state index in [-0.39, 0.29) is 24.9 Å². The van der Waals surface area contributed by atoms with Crippen LogP contribution in [0.1, 0.15) is 43.9 Å². The molecule has 1 amide bonds. The number of nitrogens with one attached hydrogen (secondary N) is 1. The number of rotatable bonds is 6. The molecule has 130 valence electrons. The first kappa shape index (κ1) is 18.2. The van der Waals surface area contributed by atoms with Crippen LogP contribution >= 0.6 is 12.4 Å². The average molecular weight is 353 g/mol. The Morgan fingerprint density at radius 3 is 2.75 bits per heavy atom. The minimum absolute atomic E-state index is 0. The number of aromatic nitrogens is 2.